The van der Waals surface area contributed by atoms with Gasteiger partial charge in [-0.2, -0.15) is 0 Å². The molecule has 0 bridgehead atoms. The minimum absolute atomic E-state index is 0.0777. The van der Waals surface area contributed by atoms with Crippen LogP contribution in [0.5, 0.6) is 5.75 Å². The lowest BCUT2D eigenvalue weighted by Gasteiger charge is -2.33. The van der Waals surface area contributed by atoms with Gasteiger partial charge >= 0.3 is 0 Å². The monoisotopic (exact) mass is 371 g/mol. The molecule has 0 saturated carbocycles. The Labute approximate surface area is 159 Å². The van der Waals surface area contributed by atoms with Gasteiger partial charge in [-0.25, -0.2) is 4.98 Å². The van der Waals surface area contributed by atoms with E-state index in [0.29, 0.717) is 5.75 Å². The Morgan fingerprint density at radius 1 is 1.35 bits per heavy atom. The average Bonchev–Trinajstić information content (AvgIpc) is 2.68. The van der Waals surface area contributed by atoms with E-state index in [1.54, 1.807) is 13.3 Å². The summed E-state index contributed by atoms with van der Waals surface area (Å²) in [6.07, 6.45) is 3.88. The summed E-state index contributed by atoms with van der Waals surface area (Å²) in [6.45, 7) is 2.83. The molecule has 1 fully saturated rings. The minimum Gasteiger partial charge on any atom is -0.497 e. The van der Waals surface area contributed by atoms with E-state index < -0.39 is 0 Å². The number of amides is 1. The number of aromatic nitrogens is 1. The number of rotatable bonds is 7. The van der Waals surface area contributed by atoms with E-state index in [0.717, 1.165) is 43.3 Å². The van der Waals surface area contributed by atoms with Gasteiger partial charge in [-0.05, 0) is 49.2 Å². The summed E-state index contributed by atoms with van der Waals surface area (Å²) in [6, 6.07) is 14.1. The van der Waals surface area contributed by atoms with Crippen LogP contribution >= 0.6 is 11.8 Å². The standard InChI is InChI=1S/C20H25N3O2S/c1-25-18-8-4-6-16(12-18)13-23-11-5-7-17(14-23)22-19(24)15-26-20-9-2-3-10-21-20/h2-4,6,8-10,12,17H,5,7,11,13-15H2,1H3,(H,22,24). The number of hydrogen-bond acceptors (Lipinski definition) is 5. The predicted octanol–water partition coefficient (Wildman–Crippen LogP) is 2.96. The van der Waals surface area contributed by atoms with E-state index in [1.165, 1.54) is 17.3 Å². The summed E-state index contributed by atoms with van der Waals surface area (Å²) in [5, 5.41) is 4.05. The fourth-order valence-corrected chi connectivity index (χ4v) is 3.86. The van der Waals surface area contributed by atoms with Crippen molar-refractivity contribution in [2.45, 2.75) is 30.5 Å². The maximum atomic E-state index is 12.2. The lowest BCUT2D eigenvalue weighted by molar-refractivity contribution is -0.119. The molecule has 26 heavy (non-hydrogen) atoms. The number of pyridine rings is 1. The molecule has 0 aliphatic carbocycles. The summed E-state index contributed by atoms with van der Waals surface area (Å²) in [5.74, 6) is 1.37. The third-order valence-corrected chi connectivity index (χ3v) is 5.34. The second-order valence-corrected chi connectivity index (χ2v) is 7.45. The number of piperidine rings is 1. The topological polar surface area (TPSA) is 54.5 Å². The first-order chi connectivity index (χ1) is 12.7. The van der Waals surface area contributed by atoms with E-state index in [-0.39, 0.29) is 11.9 Å². The van der Waals surface area contributed by atoms with Crippen molar-refractivity contribution >= 4 is 17.7 Å². The van der Waals surface area contributed by atoms with E-state index in [4.69, 9.17) is 4.74 Å². The molecule has 1 aliphatic heterocycles. The van der Waals surface area contributed by atoms with Crippen LogP contribution < -0.4 is 10.1 Å². The molecule has 5 nitrogen and oxygen atoms in total. The Kier molecular flexibility index (Phi) is 6.91. The zero-order valence-electron chi connectivity index (χ0n) is 15.1. The van der Waals surface area contributed by atoms with Crippen molar-refractivity contribution in [1.82, 2.24) is 15.2 Å². The van der Waals surface area contributed by atoms with Crippen LogP contribution in [0.25, 0.3) is 0 Å². The van der Waals surface area contributed by atoms with Gasteiger partial charge in [-0.1, -0.05) is 30.0 Å². The summed E-state index contributed by atoms with van der Waals surface area (Å²) in [4.78, 5) is 18.9. The zero-order chi connectivity index (χ0) is 18.2. The molecular formula is C20H25N3O2S. The average molecular weight is 372 g/mol. The molecular weight excluding hydrogens is 346 g/mol. The molecule has 1 aliphatic rings. The molecule has 0 radical (unpaired) electrons. The van der Waals surface area contributed by atoms with Crippen molar-refractivity contribution in [1.29, 1.82) is 0 Å². The van der Waals surface area contributed by atoms with Gasteiger partial charge in [0, 0.05) is 25.3 Å². The number of nitrogens with zero attached hydrogens (tertiary/aromatic N) is 2. The van der Waals surface area contributed by atoms with Crippen molar-refractivity contribution in [2.24, 2.45) is 0 Å². The van der Waals surface area contributed by atoms with Crippen LogP contribution in [0.1, 0.15) is 18.4 Å². The fraction of sp³-hybridized carbons (Fsp3) is 0.400. The molecule has 1 aromatic carbocycles. The van der Waals surface area contributed by atoms with Gasteiger partial charge in [-0.3, -0.25) is 9.69 Å². The quantitative estimate of drug-likeness (QED) is 0.759. The third kappa shape index (κ3) is 5.75. The number of methoxy groups -OCH3 is 1. The summed E-state index contributed by atoms with van der Waals surface area (Å²) < 4.78 is 5.30. The van der Waals surface area contributed by atoms with Gasteiger partial charge < -0.3 is 10.1 Å². The van der Waals surface area contributed by atoms with Crippen molar-refractivity contribution in [3.8, 4) is 5.75 Å². The maximum absolute atomic E-state index is 12.2. The highest BCUT2D eigenvalue weighted by Gasteiger charge is 2.21. The molecule has 1 atom stereocenters. The molecule has 1 saturated heterocycles. The fourth-order valence-electron chi connectivity index (χ4n) is 3.19. The number of benzene rings is 1. The van der Waals surface area contributed by atoms with E-state index in [9.17, 15) is 4.79 Å². The van der Waals surface area contributed by atoms with Crippen molar-refractivity contribution in [3.05, 3.63) is 54.2 Å². The maximum Gasteiger partial charge on any atom is 0.230 e. The highest BCUT2D eigenvalue weighted by molar-refractivity contribution is 7.99. The zero-order valence-corrected chi connectivity index (χ0v) is 15.9. The van der Waals surface area contributed by atoms with Crippen molar-refractivity contribution in [2.75, 3.05) is 26.0 Å². The van der Waals surface area contributed by atoms with Crippen LogP contribution in [0.15, 0.2) is 53.7 Å². The van der Waals surface area contributed by atoms with Crippen LogP contribution in [-0.4, -0.2) is 47.8 Å². The van der Waals surface area contributed by atoms with Crippen molar-refractivity contribution < 1.29 is 9.53 Å². The lowest BCUT2D eigenvalue weighted by Crippen LogP contribution is -2.47. The highest BCUT2D eigenvalue weighted by atomic mass is 32.2. The Hall–Kier alpha value is -2.05. The number of nitrogens with one attached hydrogen (secondary N) is 1. The number of ether oxygens (including phenoxy) is 1. The van der Waals surface area contributed by atoms with Crippen LogP contribution in [0.3, 0.4) is 0 Å². The first-order valence-corrected chi connectivity index (χ1v) is 9.90. The van der Waals surface area contributed by atoms with Gasteiger partial charge in [0.15, 0.2) is 0 Å². The number of carbonyl (C=O) groups is 1. The summed E-state index contributed by atoms with van der Waals surface area (Å²) in [7, 11) is 1.69. The summed E-state index contributed by atoms with van der Waals surface area (Å²) >= 11 is 1.47. The van der Waals surface area contributed by atoms with Gasteiger partial charge in [0.25, 0.3) is 0 Å². The molecule has 1 unspecified atom stereocenters. The Balaban J connectivity index is 1.46. The van der Waals surface area contributed by atoms with E-state index in [2.05, 4.69) is 27.3 Å². The predicted molar refractivity (Wildman–Crippen MR) is 104 cm³/mol. The second kappa shape index (κ2) is 9.59. The van der Waals surface area contributed by atoms with Crippen LogP contribution in [0, 0.1) is 0 Å². The lowest BCUT2D eigenvalue weighted by atomic mass is 10.0. The Morgan fingerprint density at radius 2 is 2.27 bits per heavy atom. The molecule has 6 heteroatoms. The first-order valence-electron chi connectivity index (χ1n) is 8.91. The minimum atomic E-state index is 0.0777. The molecule has 0 spiro atoms. The number of likely N-dealkylation sites (tertiary alicyclic amines) is 1. The molecule has 2 aromatic rings. The first kappa shape index (κ1) is 18.7. The van der Waals surface area contributed by atoms with Crippen LogP contribution in [0.4, 0.5) is 0 Å². The van der Waals surface area contributed by atoms with Gasteiger partial charge in [0.05, 0.1) is 17.9 Å². The molecule has 1 amide bonds. The van der Waals surface area contributed by atoms with Gasteiger partial charge in [-0.15, -0.1) is 0 Å². The molecule has 1 N–H and O–H groups in total. The van der Waals surface area contributed by atoms with Crippen LogP contribution in [-0.2, 0) is 11.3 Å². The van der Waals surface area contributed by atoms with Gasteiger partial charge in [0.1, 0.15) is 5.75 Å². The second-order valence-electron chi connectivity index (χ2n) is 6.45. The number of carbonyl (C=O) groups excluding carboxylic acids is 1. The molecule has 3 rings (SSSR count). The van der Waals surface area contributed by atoms with Crippen molar-refractivity contribution in [3.63, 3.8) is 0 Å². The van der Waals surface area contributed by atoms with Gasteiger partial charge in [0.2, 0.25) is 5.91 Å². The van der Waals surface area contributed by atoms with E-state index >= 15 is 0 Å². The number of hydrogen-bond donors (Lipinski definition) is 1. The van der Waals surface area contributed by atoms with Crippen LogP contribution in [0.2, 0.25) is 0 Å². The summed E-state index contributed by atoms with van der Waals surface area (Å²) in [5.41, 5.74) is 1.24. The largest absolute Gasteiger partial charge is 0.497 e. The normalized spacial score (nSPS) is 17.7. The molecule has 1 aromatic heterocycles. The smallest absolute Gasteiger partial charge is 0.230 e. The molecule has 138 valence electrons. The SMILES string of the molecule is COc1cccc(CN2CCCC(NC(=O)CSc3ccccn3)C2)c1. The highest BCUT2D eigenvalue weighted by Crippen LogP contribution is 2.18. The third-order valence-electron chi connectivity index (χ3n) is 4.40. The Morgan fingerprint density at radius 3 is 3.08 bits per heavy atom. The Bertz CT molecular complexity index is 711. The van der Waals surface area contributed by atoms with E-state index in [1.807, 2.05) is 30.3 Å². The molecule has 2 heterocycles. The number of thioether (sulfide) groups is 1.